The fraction of sp³-hybridized carbons (Fsp3) is 0.733. The summed E-state index contributed by atoms with van der Waals surface area (Å²) in [4.78, 5) is 5.57. The molecule has 1 fully saturated rings. The lowest BCUT2D eigenvalue weighted by Crippen LogP contribution is -2.53. The summed E-state index contributed by atoms with van der Waals surface area (Å²) >= 11 is 5.23. The number of piperazine rings is 1. The van der Waals surface area contributed by atoms with E-state index in [0.29, 0.717) is 4.99 Å². The summed E-state index contributed by atoms with van der Waals surface area (Å²) in [6.07, 6.45) is 6.31. The Morgan fingerprint density at radius 2 is 2.05 bits per heavy atom. The SMILES string of the molecule is CCCC(C(N)=S)N1CCN(Cc2cnn(CC)c2)CC1. The van der Waals surface area contributed by atoms with E-state index < -0.39 is 0 Å². The molecule has 2 rings (SSSR count). The van der Waals surface area contributed by atoms with Crippen LogP contribution in [0.15, 0.2) is 12.4 Å². The summed E-state index contributed by atoms with van der Waals surface area (Å²) in [7, 11) is 0. The van der Waals surface area contributed by atoms with Gasteiger partial charge in [0.05, 0.1) is 17.2 Å². The predicted molar refractivity (Wildman–Crippen MR) is 90.2 cm³/mol. The molecule has 0 aromatic carbocycles. The van der Waals surface area contributed by atoms with Gasteiger partial charge >= 0.3 is 0 Å². The molecule has 0 aliphatic carbocycles. The number of nitrogens with two attached hydrogens (primary N) is 1. The number of nitrogens with zero attached hydrogens (tertiary/aromatic N) is 4. The summed E-state index contributed by atoms with van der Waals surface area (Å²) < 4.78 is 1.98. The number of hydrogen-bond acceptors (Lipinski definition) is 4. The Bertz CT molecular complexity index is 451. The second kappa shape index (κ2) is 7.87. The molecule has 1 aromatic heterocycles. The van der Waals surface area contributed by atoms with Gasteiger partial charge in [0, 0.05) is 51.0 Å². The first-order valence-corrected chi connectivity index (χ1v) is 8.32. The van der Waals surface area contributed by atoms with E-state index in [1.165, 1.54) is 5.56 Å². The van der Waals surface area contributed by atoms with Gasteiger partial charge in [-0.2, -0.15) is 5.10 Å². The molecule has 1 aliphatic heterocycles. The lowest BCUT2D eigenvalue weighted by atomic mass is 10.1. The van der Waals surface area contributed by atoms with E-state index in [-0.39, 0.29) is 6.04 Å². The first kappa shape index (κ1) is 16.4. The second-order valence-corrected chi connectivity index (χ2v) is 6.19. The zero-order chi connectivity index (χ0) is 15.2. The molecule has 0 bridgehead atoms. The van der Waals surface area contributed by atoms with Crippen molar-refractivity contribution in [2.24, 2.45) is 5.73 Å². The molecule has 118 valence electrons. The fourth-order valence-electron chi connectivity index (χ4n) is 2.93. The van der Waals surface area contributed by atoms with Crippen molar-refractivity contribution in [2.45, 2.75) is 45.8 Å². The standard InChI is InChI=1S/C15H27N5S/c1-3-5-14(15(16)21)19-8-6-18(7-9-19)11-13-10-17-20(4-2)12-13/h10,12,14H,3-9,11H2,1-2H3,(H2,16,21). The van der Waals surface area contributed by atoms with Crippen molar-refractivity contribution in [3.63, 3.8) is 0 Å². The summed E-state index contributed by atoms with van der Waals surface area (Å²) in [5, 5.41) is 4.34. The molecule has 1 saturated heterocycles. The van der Waals surface area contributed by atoms with Gasteiger partial charge in [0.1, 0.15) is 0 Å². The molecule has 0 saturated carbocycles. The molecule has 2 N–H and O–H groups in total. The van der Waals surface area contributed by atoms with E-state index in [0.717, 1.165) is 52.1 Å². The Morgan fingerprint density at radius 1 is 1.33 bits per heavy atom. The summed E-state index contributed by atoms with van der Waals surface area (Å²) in [6, 6.07) is 0.273. The molecule has 0 radical (unpaired) electrons. The van der Waals surface area contributed by atoms with Gasteiger partial charge in [0.2, 0.25) is 0 Å². The van der Waals surface area contributed by atoms with Gasteiger partial charge in [-0.3, -0.25) is 14.5 Å². The second-order valence-electron chi connectivity index (χ2n) is 5.72. The lowest BCUT2D eigenvalue weighted by molar-refractivity contribution is 0.110. The highest BCUT2D eigenvalue weighted by Gasteiger charge is 2.25. The Morgan fingerprint density at radius 3 is 2.57 bits per heavy atom. The van der Waals surface area contributed by atoms with E-state index in [4.69, 9.17) is 18.0 Å². The molecule has 5 nitrogen and oxygen atoms in total. The molecular weight excluding hydrogens is 282 g/mol. The average Bonchev–Trinajstić information content (AvgIpc) is 2.93. The highest BCUT2D eigenvalue weighted by Crippen LogP contribution is 2.13. The number of aryl methyl sites for hydroxylation is 1. The van der Waals surface area contributed by atoms with Crippen molar-refractivity contribution in [2.75, 3.05) is 26.2 Å². The van der Waals surface area contributed by atoms with Crippen molar-refractivity contribution < 1.29 is 0 Å². The molecule has 2 heterocycles. The topological polar surface area (TPSA) is 50.3 Å². The highest BCUT2D eigenvalue weighted by molar-refractivity contribution is 7.80. The van der Waals surface area contributed by atoms with Crippen LogP contribution >= 0.6 is 12.2 Å². The van der Waals surface area contributed by atoms with Crippen LogP contribution in [-0.2, 0) is 13.1 Å². The molecular formula is C15H27N5S. The fourth-order valence-corrected chi connectivity index (χ4v) is 3.20. The van der Waals surface area contributed by atoms with Crippen LogP contribution in [0.5, 0.6) is 0 Å². The van der Waals surface area contributed by atoms with Crippen LogP contribution in [-0.4, -0.2) is 56.8 Å². The monoisotopic (exact) mass is 309 g/mol. The molecule has 1 aromatic rings. The first-order valence-electron chi connectivity index (χ1n) is 7.91. The van der Waals surface area contributed by atoms with Crippen LogP contribution in [0, 0.1) is 0 Å². The Balaban J connectivity index is 1.83. The summed E-state index contributed by atoms with van der Waals surface area (Å²) in [5.41, 5.74) is 7.19. The van der Waals surface area contributed by atoms with Crippen LogP contribution in [0.25, 0.3) is 0 Å². The third-order valence-electron chi connectivity index (χ3n) is 4.16. The van der Waals surface area contributed by atoms with Crippen molar-refractivity contribution in [3.05, 3.63) is 18.0 Å². The van der Waals surface area contributed by atoms with Gasteiger partial charge in [-0.15, -0.1) is 0 Å². The molecule has 1 atom stereocenters. The van der Waals surface area contributed by atoms with Crippen LogP contribution in [0.2, 0.25) is 0 Å². The minimum atomic E-state index is 0.273. The third kappa shape index (κ3) is 4.49. The molecule has 1 unspecified atom stereocenters. The Labute approximate surface area is 133 Å². The van der Waals surface area contributed by atoms with Crippen LogP contribution < -0.4 is 5.73 Å². The minimum absolute atomic E-state index is 0.273. The lowest BCUT2D eigenvalue weighted by Gasteiger charge is -2.38. The number of aromatic nitrogens is 2. The molecule has 21 heavy (non-hydrogen) atoms. The molecule has 1 aliphatic rings. The Kier molecular flexibility index (Phi) is 6.14. The maximum atomic E-state index is 5.90. The number of thiocarbonyl (C=S) groups is 1. The number of hydrogen-bond donors (Lipinski definition) is 1. The van der Waals surface area contributed by atoms with Gasteiger partial charge < -0.3 is 5.73 Å². The normalized spacial score (nSPS) is 18.8. The largest absolute Gasteiger partial charge is 0.392 e. The quantitative estimate of drug-likeness (QED) is 0.773. The number of rotatable bonds is 7. The van der Waals surface area contributed by atoms with Gasteiger partial charge in [-0.1, -0.05) is 25.6 Å². The van der Waals surface area contributed by atoms with E-state index in [2.05, 4.69) is 34.9 Å². The highest BCUT2D eigenvalue weighted by atomic mass is 32.1. The van der Waals surface area contributed by atoms with Gasteiger partial charge in [-0.25, -0.2) is 0 Å². The molecule has 0 amide bonds. The van der Waals surface area contributed by atoms with Crippen LogP contribution in [0.3, 0.4) is 0 Å². The molecule has 6 heteroatoms. The van der Waals surface area contributed by atoms with E-state index in [1.807, 2.05) is 10.9 Å². The third-order valence-corrected chi connectivity index (χ3v) is 4.43. The Hall–Kier alpha value is -0.980. The van der Waals surface area contributed by atoms with Crippen molar-refractivity contribution >= 4 is 17.2 Å². The zero-order valence-electron chi connectivity index (χ0n) is 13.2. The van der Waals surface area contributed by atoms with Gasteiger partial charge in [0.15, 0.2) is 0 Å². The maximum Gasteiger partial charge on any atom is 0.0902 e. The summed E-state index contributed by atoms with van der Waals surface area (Å²) in [6.45, 7) is 10.4. The maximum absolute atomic E-state index is 5.90. The smallest absolute Gasteiger partial charge is 0.0902 e. The van der Waals surface area contributed by atoms with Crippen molar-refractivity contribution in [1.82, 2.24) is 19.6 Å². The first-order chi connectivity index (χ1) is 10.1. The zero-order valence-corrected chi connectivity index (χ0v) is 14.0. The van der Waals surface area contributed by atoms with Crippen LogP contribution in [0.1, 0.15) is 32.3 Å². The van der Waals surface area contributed by atoms with Crippen LogP contribution in [0.4, 0.5) is 0 Å². The van der Waals surface area contributed by atoms with Gasteiger partial charge in [0.25, 0.3) is 0 Å². The minimum Gasteiger partial charge on any atom is -0.392 e. The predicted octanol–water partition coefficient (Wildman–Crippen LogP) is 1.48. The summed E-state index contributed by atoms with van der Waals surface area (Å²) in [5.74, 6) is 0. The van der Waals surface area contributed by atoms with E-state index in [1.54, 1.807) is 0 Å². The average molecular weight is 309 g/mol. The van der Waals surface area contributed by atoms with Gasteiger partial charge in [-0.05, 0) is 13.3 Å². The van der Waals surface area contributed by atoms with Crippen molar-refractivity contribution in [1.29, 1.82) is 0 Å². The van der Waals surface area contributed by atoms with Crippen molar-refractivity contribution in [3.8, 4) is 0 Å². The van der Waals surface area contributed by atoms with E-state index >= 15 is 0 Å². The van der Waals surface area contributed by atoms with E-state index in [9.17, 15) is 0 Å². The molecule has 0 spiro atoms.